The summed E-state index contributed by atoms with van der Waals surface area (Å²) in [4.78, 5) is 37.5. The Hall–Kier alpha value is -4.07. The molecule has 0 aromatic heterocycles. The molecule has 2 atom stereocenters. The standard InChI is InChI=1S/C24H21NO7/c26-19-14-20-25(19)22(32-24(29)30-15-17-10-5-2-6-11-17)21(31-20)18(23(27)28)13-7-12-16-8-3-1-4-9-16/h1-12,20,22H,13-15H2,(H,27,28)/t20-,22?/m1/s1. The lowest BCUT2D eigenvalue weighted by molar-refractivity contribution is -0.165. The summed E-state index contributed by atoms with van der Waals surface area (Å²) < 4.78 is 16.1. The molecule has 2 aromatic carbocycles. The van der Waals surface area contributed by atoms with Crippen LogP contribution in [0, 0.1) is 0 Å². The third-order valence-electron chi connectivity index (χ3n) is 5.08. The van der Waals surface area contributed by atoms with E-state index < -0.39 is 24.6 Å². The van der Waals surface area contributed by atoms with E-state index in [-0.39, 0.29) is 36.7 Å². The molecule has 4 rings (SSSR count). The number of nitrogens with zero attached hydrogens (tertiary/aromatic N) is 1. The van der Waals surface area contributed by atoms with Gasteiger partial charge in [-0.05, 0) is 11.1 Å². The van der Waals surface area contributed by atoms with Gasteiger partial charge in [0.15, 0.2) is 12.0 Å². The molecule has 2 heterocycles. The van der Waals surface area contributed by atoms with Crippen molar-refractivity contribution in [1.29, 1.82) is 0 Å². The molecule has 8 heteroatoms. The molecule has 2 fully saturated rings. The van der Waals surface area contributed by atoms with Gasteiger partial charge in [0.2, 0.25) is 12.1 Å². The second-order valence-corrected chi connectivity index (χ2v) is 7.24. The maximum Gasteiger partial charge on any atom is 0.510 e. The van der Waals surface area contributed by atoms with Crippen LogP contribution >= 0.6 is 0 Å². The van der Waals surface area contributed by atoms with Gasteiger partial charge < -0.3 is 19.3 Å². The zero-order valence-electron chi connectivity index (χ0n) is 17.0. The summed E-state index contributed by atoms with van der Waals surface area (Å²) in [6, 6.07) is 18.4. The zero-order chi connectivity index (χ0) is 22.5. The van der Waals surface area contributed by atoms with Crippen LogP contribution in [0.3, 0.4) is 0 Å². The fourth-order valence-electron chi connectivity index (χ4n) is 3.46. The van der Waals surface area contributed by atoms with Crippen LogP contribution in [0.4, 0.5) is 4.79 Å². The van der Waals surface area contributed by atoms with Crippen molar-refractivity contribution < 1.29 is 33.7 Å². The highest BCUT2D eigenvalue weighted by Gasteiger charge is 2.54. The number of carbonyl (C=O) groups is 3. The van der Waals surface area contributed by atoms with Crippen LogP contribution in [0.1, 0.15) is 24.0 Å². The number of allylic oxidation sites excluding steroid dienone is 1. The van der Waals surface area contributed by atoms with Gasteiger partial charge in [0.1, 0.15) is 6.61 Å². The van der Waals surface area contributed by atoms with Crippen LogP contribution in [0.5, 0.6) is 0 Å². The predicted molar refractivity (Wildman–Crippen MR) is 113 cm³/mol. The maximum absolute atomic E-state index is 12.3. The summed E-state index contributed by atoms with van der Waals surface area (Å²) in [5.41, 5.74) is 1.57. The fourth-order valence-corrected chi connectivity index (χ4v) is 3.46. The van der Waals surface area contributed by atoms with Crippen molar-refractivity contribution in [1.82, 2.24) is 4.90 Å². The summed E-state index contributed by atoms with van der Waals surface area (Å²) in [7, 11) is 0. The van der Waals surface area contributed by atoms with Crippen molar-refractivity contribution in [3.05, 3.63) is 89.2 Å². The molecule has 1 unspecified atom stereocenters. The number of ether oxygens (including phenoxy) is 3. The number of carbonyl (C=O) groups excluding carboxylic acids is 2. The molecule has 1 N–H and O–H groups in total. The number of aliphatic carboxylic acids is 1. The lowest BCUT2D eigenvalue weighted by atomic mass is 10.1. The number of amides is 1. The Labute approximate surface area is 184 Å². The predicted octanol–water partition coefficient (Wildman–Crippen LogP) is 3.70. The first-order valence-electron chi connectivity index (χ1n) is 10.1. The third-order valence-corrected chi connectivity index (χ3v) is 5.08. The van der Waals surface area contributed by atoms with E-state index in [1.807, 2.05) is 36.4 Å². The minimum Gasteiger partial charge on any atom is -0.478 e. The Kier molecular flexibility index (Phi) is 6.21. The normalized spacial score (nSPS) is 20.9. The van der Waals surface area contributed by atoms with Gasteiger partial charge in [-0.15, -0.1) is 0 Å². The first-order chi connectivity index (χ1) is 15.5. The van der Waals surface area contributed by atoms with Crippen molar-refractivity contribution in [2.24, 2.45) is 0 Å². The third kappa shape index (κ3) is 4.64. The average molecular weight is 435 g/mol. The number of hydrogen-bond acceptors (Lipinski definition) is 6. The molecule has 0 aliphatic carbocycles. The monoisotopic (exact) mass is 435 g/mol. The van der Waals surface area contributed by atoms with Crippen LogP contribution in [-0.4, -0.2) is 40.5 Å². The molecule has 2 aromatic rings. The molecule has 8 nitrogen and oxygen atoms in total. The zero-order valence-corrected chi connectivity index (χ0v) is 17.0. The van der Waals surface area contributed by atoms with E-state index in [2.05, 4.69) is 0 Å². The van der Waals surface area contributed by atoms with Crippen LogP contribution in [0.2, 0.25) is 0 Å². The van der Waals surface area contributed by atoms with Crippen molar-refractivity contribution in [3.8, 4) is 0 Å². The van der Waals surface area contributed by atoms with Crippen LogP contribution in [-0.2, 0) is 30.4 Å². The first-order valence-corrected chi connectivity index (χ1v) is 10.1. The smallest absolute Gasteiger partial charge is 0.478 e. The van der Waals surface area contributed by atoms with E-state index >= 15 is 0 Å². The van der Waals surface area contributed by atoms with Crippen molar-refractivity contribution >= 4 is 24.1 Å². The average Bonchev–Trinajstić information content (AvgIpc) is 3.07. The van der Waals surface area contributed by atoms with Gasteiger partial charge in [-0.25, -0.2) is 9.59 Å². The van der Waals surface area contributed by atoms with Crippen molar-refractivity contribution in [3.63, 3.8) is 0 Å². The molecule has 2 saturated heterocycles. The Morgan fingerprint density at radius 3 is 2.44 bits per heavy atom. The molecule has 0 spiro atoms. The molecular formula is C24H21NO7. The number of hydrogen-bond donors (Lipinski definition) is 1. The van der Waals surface area contributed by atoms with Crippen LogP contribution in [0.15, 0.2) is 78.1 Å². The molecular weight excluding hydrogens is 414 g/mol. The minimum absolute atomic E-state index is 0.0186. The summed E-state index contributed by atoms with van der Waals surface area (Å²) in [6.07, 6.45) is 0.616. The molecule has 0 radical (unpaired) electrons. The van der Waals surface area contributed by atoms with Gasteiger partial charge in [0.05, 0.1) is 12.0 Å². The molecule has 0 saturated carbocycles. The number of benzene rings is 2. The van der Waals surface area contributed by atoms with E-state index in [0.717, 1.165) is 11.1 Å². The van der Waals surface area contributed by atoms with E-state index in [1.54, 1.807) is 36.4 Å². The quantitative estimate of drug-likeness (QED) is 0.402. The second-order valence-electron chi connectivity index (χ2n) is 7.24. The van der Waals surface area contributed by atoms with Gasteiger partial charge in [0, 0.05) is 6.42 Å². The topological polar surface area (TPSA) is 102 Å². The first kappa shape index (κ1) is 21.2. The number of carboxylic acids is 1. The summed E-state index contributed by atoms with van der Waals surface area (Å²) in [5, 5.41) is 9.75. The van der Waals surface area contributed by atoms with Gasteiger partial charge in [-0.1, -0.05) is 72.8 Å². The Morgan fingerprint density at radius 2 is 1.78 bits per heavy atom. The highest BCUT2D eigenvalue weighted by Crippen LogP contribution is 2.39. The van der Waals surface area contributed by atoms with Crippen LogP contribution in [0.25, 0.3) is 6.08 Å². The summed E-state index contributed by atoms with van der Waals surface area (Å²) in [6.45, 7) is -0.0186. The number of rotatable bonds is 7. The highest BCUT2D eigenvalue weighted by atomic mass is 16.7. The maximum atomic E-state index is 12.3. The van der Waals surface area contributed by atoms with E-state index in [0.29, 0.717) is 0 Å². The largest absolute Gasteiger partial charge is 0.510 e. The molecule has 1 amide bonds. The molecule has 0 bridgehead atoms. The Morgan fingerprint density at radius 1 is 1.09 bits per heavy atom. The summed E-state index contributed by atoms with van der Waals surface area (Å²) in [5.74, 6) is -1.59. The lowest BCUT2D eigenvalue weighted by Crippen LogP contribution is -2.53. The highest BCUT2D eigenvalue weighted by molar-refractivity contribution is 5.89. The van der Waals surface area contributed by atoms with Gasteiger partial charge >= 0.3 is 12.1 Å². The Bertz CT molecular complexity index is 1060. The van der Waals surface area contributed by atoms with Crippen LogP contribution < -0.4 is 0 Å². The number of carboxylic acid groups (broad SMARTS) is 1. The molecule has 2 aliphatic heterocycles. The van der Waals surface area contributed by atoms with E-state index in [9.17, 15) is 19.5 Å². The molecule has 2 aliphatic rings. The second kappa shape index (κ2) is 9.38. The number of β-lactam (4-membered cyclic amide) rings is 1. The minimum atomic E-state index is -1.28. The summed E-state index contributed by atoms with van der Waals surface area (Å²) >= 11 is 0. The number of fused-ring (bicyclic) bond motifs is 1. The van der Waals surface area contributed by atoms with Gasteiger partial charge in [-0.2, -0.15) is 0 Å². The molecule has 164 valence electrons. The Balaban J connectivity index is 1.50. The SMILES string of the molecule is O=C(OCc1ccccc1)OC1C(=C(CC=Cc2ccccc2)C(=O)O)O[C@@H]2CC(=O)N12. The van der Waals surface area contributed by atoms with Crippen molar-refractivity contribution in [2.75, 3.05) is 0 Å². The van der Waals surface area contributed by atoms with E-state index in [1.165, 1.54) is 4.90 Å². The fraction of sp³-hybridized carbons (Fsp3) is 0.208. The van der Waals surface area contributed by atoms with E-state index in [4.69, 9.17) is 14.2 Å². The van der Waals surface area contributed by atoms with Gasteiger partial charge in [0.25, 0.3) is 0 Å². The van der Waals surface area contributed by atoms with Crippen molar-refractivity contribution in [2.45, 2.75) is 31.9 Å². The lowest BCUT2D eigenvalue weighted by Gasteiger charge is -2.33. The van der Waals surface area contributed by atoms with Gasteiger partial charge in [-0.3, -0.25) is 9.69 Å². The molecule has 32 heavy (non-hydrogen) atoms.